The quantitative estimate of drug-likeness (QED) is 0.455. The molecular formula is C25H35F3N4O8. The number of aromatic nitrogens is 4. The predicted octanol–water partition coefficient (Wildman–Crippen LogP) is 0.252. The highest BCUT2D eigenvalue weighted by atomic mass is 19.1. The van der Waals surface area contributed by atoms with Crippen LogP contribution < -0.4 is 22.5 Å². The largest absolute Gasteiger partial charge is 0.394 e. The monoisotopic (exact) mass is 576 g/mol. The molecule has 0 aromatic carbocycles. The summed E-state index contributed by atoms with van der Waals surface area (Å²) in [6.07, 6.45) is -3.08. The second-order valence-electron chi connectivity index (χ2n) is 9.73. The van der Waals surface area contributed by atoms with Crippen molar-refractivity contribution in [3.05, 3.63) is 65.2 Å². The van der Waals surface area contributed by atoms with Gasteiger partial charge in [0.1, 0.15) is 43.7 Å². The molecule has 0 radical (unpaired) electrons. The van der Waals surface area contributed by atoms with Gasteiger partial charge in [-0.25, -0.2) is 22.8 Å². The number of alkyl halides is 3. The molecule has 15 heteroatoms. The number of hydrogen-bond donors (Lipinski definition) is 2. The van der Waals surface area contributed by atoms with E-state index in [4.69, 9.17) is 19.7 Å². The van der Waals surface area contributed by atoms with Gasteiger partial charge in [-0.15, -0.1) is 0 Å². The average Bonchev–Trinajstić information content (AvgIpc) is 3.50. The fourth-order valence-corrected chi connectivity index (χ4v) is 4.68. The van der Waals surface area contributed by atoms with Crippen LogP contribution in [-0.2, 0) is 22.6 Å². The highest BCUT2D eigenvalue weighted by Gasteiger charge is 2.37. The maximum Gasteiger partial charge on any atom is 0.333 e. The van der Waals surface area contributed by atoms with Gasteiger partial charge < -0.3 is 19.7 Å². The fourth-order valence-electron chi connectivity index (χ4n) is 4.68. The normalized spacial score (nSPS) is 26.1. The van der Waals surface area contributed by atoms with Gasteiger partial charge >= 0.3 is 11.4 Å². The van der Waals surface area contributed by atoms with Gasteiger partial charge in [0.05, 0.1) is 19.8 Å². The van der Waals surface area contributed by atoms with Crippen molar-refractivity contribution >= 4 is 0 Å². The summed E-state index contributed by atoms with van der Waals surface area (Å²) in [6, 6.07) is 0. The molecule has 4 rings (SSSR count). The zero-order valence-corrected chi connectivity index (χ0v) is 22.5. The molecule has 40 heavy (non-hydrogen) atoms. The summed E-state index contributed by atoms with van der Waals surface area (Å²) >= 11 is 0. The Morgan fingerprint density at radius 2 is 1.20 bits per heavy atom. The molecule has 2 fully saturated rings. The third-order valence-corrected chi connectivity index (χ3v) is 6.79. The Kier molecular flexibility index (Phi) is 10.7. The van der Waals surface area contributed by atoms with Crippen LogP contribution in [-0.4, -0.2) is 72.9 Å². The Hall–Kier alpha value is -3.01. The maximum atomic E-state index is 13.6. The molecule has 224 valence electrons. The predicted molar refractivity (Wildman–Crippen MR) is 137 cm³/mol. The van der Waals surface area contributed by atoms with Gasteiger partial charge in [-0.05, 0) is 20.3 Å². The summed E-state index contributed by atoms with van der Waals surface area (Å²) in [7, 11) is 0. The second-order valence-corrected chi connectivity index (χ2v) is 9.73. The van der Waals surface area contributed by atoms with Crippen LogP contribution in [0.5, 0.6) is 0 Å². The number of aryl methyl sites for hydroxylation is 2. The molecule has 2 aromatic heterocycles. The van der Waals surface area contributed by atoms with Gasteiger partial charge in [0.2, 0.25) is 0 Å². The smallest absolute Gasteiger partial charge is 0.333 e. The number of aliphatic hydroxyl groups is 2. The lowest BCUT2D eigenvalue weighted by atomic mass is 10.2. The van der Waals surface area contributed by atoms with Gasteiger partial charge in [0.25, 0.3) is 11.1 Å². The summed E-state index contributed by atoms with van der Waals surface area (Å²) in [5.41, 5.74) is -1.50. The van der Waals surface area contributed by atoms with E-state index < -0.39 is 73.8 Å². The van der Waals surface area contributed by atoms with E-state index in [0.29, 0.717) is 18.5 Å². The van der Waals surface area contributed by atoms with Crippen LogP contribution in [0.2, 0.25) is 0 Å². The van der Waals surface area contributed by atoms with E-state index in [9.17, 15) is 32.3 Å². The van der Waals surface area contributed by atoms with E-state index in [1.54, 1.807) is 6.92 Å². The lowest BCUT2D eigenvalue weighted by Crippen LogP contribution is -2.42. The standard InChI is InChI=1S/C13H19FN2O4.C12H16F2N2O4/c1-3-4-15-12(18)8(2)6-16(13(15)19)11-5-9(14)10(7-17)20-11;1-7-5-16(10-4-8(14)9(6-17)20-10)12(19)15(3-2-13)11(7)18/h6,9-11,17H,3-5,7H2,1-2H3;5,8-10,17H,2-4,6H2,1H3/t9?,10-,11-;8?,9-,10-/m11/s1. The molecular weight excluding hydrogens is 541 g/mol. The van der Waals surface area contributed by atoms with Gasteiger partial charge in [0, 0.05) is 42.9 Å². The molecule has 2 unspecified atom stereocenters. The van der Waals surface area contributed by atoms with Crippen molar-refractivity contribution in [2.24, 2.45) is 0 Å². The molecule has 12 nitrogen and oxygen atoms in total. The molecule has 2 saturated heterocycles. The number of aliphatic hydroxyl groups excluding tert-OH is 2. The highest BCUT2D eigenvalue weighted by molar-refractivity contribution is 5.05. The molecule has 4 heterocycles. The first-order valence-electron chi connectivity index (χ1n) is 13.0. The Morgan fingerprint density at radius 1 is 0.800 bits per heavy atom. The van der Waals surface area contributed by atoms with Crippen molar-refractivity contribution < 1.29 is 32.9 Å². The number of nitrogens with zero attached hydrogens (tertiary/aromatic N) is 4. The molecule has 0 saturated carbocycles. The Balaban J connectivity index is 0.000000220. The van der Waals surface area contributed by atoms with Crippen LogP contribution >= 0.6 is 0 Å². The third kappa shape index (κ3) is 6.48. The zero-order valence-electron chi connectivity index (χ0n) is 22.5. The summed E-state index contributed by atoms with van der Waals surface area (Å²) < 4.78 is 54.4. The van der Waals surface area contributed by atoms with Gasteiger partial charge in [-0.1, -0.05) is 6.92 Å². The molecule has 0 aliphatic carbocycles. The Labute approximate surface area is 226 Å². The van der Waals surface area contributed by atoms with Crippen LogP contribution in [0.4, 0.5) is 13.2 Å². The number of halogens is 3. The molecule has 2 aromatic rings. The minimum Gasteiger partial charge on any atom is -0.394 e. The van der Waals surface area contributed by atoms with Crippen LogP contribution in [0.1, 0.15) is 49.8 Å². The van der Waals surface area contributed by atoms with E-state index in [2.05, 4.69) is 0 Å². The van der Waals surface area contributed by atoms with E-state index in [-0.39, 0.29) is 30.5 Å². The molecule has 2 aliphatic heterocycles. The molecule has 0 amide bonds. The lowest BCUT2D eigenvalue weighted by Gasteiger charge is -2.17. The van der Waals surface area contributed by atoms with Crippen LogP contribution in [0.3, 0.4) is 0 Å². The van der Waals surface area contributed by atoms with Crippen molar-refractivity contribution in [2.45, 2.75) is 90.1 Å². The number of rotatable bonds is 8. The van der Waals surface area contributed by atoms with Crippen LogP contribution in [0, 0.1) is 13.8 Å². The first-order chi connectivity index (χ1) is 19.0. The van der Waals surface area contributed by atoms with Crippen LogP contribution in [0.25, 0.3) is 0 Å². The number of ether oxygens (including phenoxy) is 2. The van der Waals surface area contributed by atoms with Crippen molar-refractivity contribution in [1.82, 2.24) is 18.3 Å². The Morgan fingerprint density at radius 3 is 1.52 bits per heavy atom. The molecule has 0 bridgehead atoms. The SMILES string of the molecule is CCCn1c(=O)c(C)cn([C@H]2CC(F)[C@@H](CO)O2)c1=O.Cc1cn([C@H]2CC(F)[C@@H](CO)O2)c(=O)n(CCF)c1=O. The highest BCUT2D eigenvalue weighted by Crippen LogP contribution is 2.30. The van der Waals surface area contributed by atoms with E-state index in [1.807, 2.05) is 6.92 Å². The minimum absolute atomic E-state index is 0.00506. The summed E-state index contributed by atoms with van der Waals surface area (Å²) in [5.74, 6) is 0. The van der Waals surface area contributed by atoms with Crippen molar-refractivity contribution in [3.8, 4) is 0 Å². The van der Waals surface area contributed by atoms with E-state index in [1.165, 1.54) is 23.9 Å². The Bertz CT molecular complexity index is 1300. The van der Waals surface area contributed by atoms with Crippen LogP contribution in [0.15, 0.2) is 31.6 Å². The zero-order chi connectivity index (χ0) is 29.7. The van der Waals surface area contributed by atoms with Gasteiger partial charge in [-0.3, -0.25) is 27.9 Å². The van der Waals surface area contributed by atoms with E-state index >= 15 is 0 Å². The van der Waals surface area contributed by atoms with E-state index in [0.717, 1.165) is 13.7 Å². The molecule has 2 N–H and O–H groups in total. The summed E-state index contributed by atoms with van der Waals surface area (Å²) in [6.45, 7) is 3.14. The first kappa shape index (κ1) is 31.5. The molecule has 2 aliphatic rings. The van der Waals surface area contributed by atoms with Gasteiger partial charge in [0.15, 0.2) is 0 Å². The summed E-state index contributed by atoms with van der Waals surface area (Å²) in [5, 5.41) is 18.0. The third-order valence-electron chi connectivity index (χ3n) is 6.79. The summed E-state index contributed by atoms with van der Waals surface area (Å²) in [4.78, 5) is 48.1. The van der Waals surface area contributed by atoms with Crippen molar-refractivity contribution in [2.75, 3.05) is 19.9 Å². The fraction of sp³-hybridized carbons (Fsp3) is 0.680. The topological polar surface area (TPSA) is 147 Å². The second kappa shape index (κ2) is 13.6. The van der Waals surface area contributed by atoms with Crippen molar-refractivity contribution in [3.63, 3.8) is 0 Å². The number of hydrogen-bond acceptors (Lipinski definition) is 8. The molecule has 0 spiro atoms. The van der Waals surface area contributed by atoms with Gasteiger partial charge in [-0.2, -0.15) is 0 Å². The first-order valence-corrected chi connectivity index (χ1v) is 13.0. The van der Waals surface area contributed by atoms with Crippen molar-refractivity contribution in [1.29, 1.82) is 0 Å². The minimum atomic E-state index is -1.39. The maximum absolute atomic E-state index is 13.6. The average molecular weight is 577 g/mol. The lowest BCUT2D eigenvalue weighted by molar-refractivity contribution is -0.0362. The molecule has 6 atom stereocenters.